The average molecular weight is 434 g/mol. The molecular weight excluding hydrogens is 402 g/mol. The number of carbonyl (C=O) groups excluding carboxylic acids is 1. The quantitative estimate of drug-likeness (QED) is 0.562. The van der Waals surface area contributed by atoms with E-state index >= 15 is 0 Å². The van der Waals surface area contributed by atoms with Gasteiger partial charge in [0.2, 0.25) is 5.91 Å². The van der Waals surface area contributed by atoms with Crippen LogP contribution >= 0.6 is 0 Å². The predicted octanol–water partition coefficient (Wildman–Crippen LogP) is 3.88. The molecule has 2 aromatic rings. The standard InChI is InChI=1S/C26H31N3O3/c1-5-31-24-16-23-13-19(2)32-25(23)15-22(24)9-10-26(30)29(12-11-28(3)4)18-21-8-6-7-20(14-21)17-27/h6-10,14-16,19H,5,11-13,18H2,1-4H3/b10-9+. The second kappa shape index (κ2) is 10.8. The van der Waals surface area contributed by atoms with Gasteiger partial charge in [-0.25, -0.2) is 0 Å². The summed E-state index contributed by atoms with van der Waals surface area (Å²) in [6, 6.07) is 13.5. The van der Waals surface area contributed by atoms with Crippen molar-refractivity contribution in [2.75, 3.05) is 33.8 Å². The van der Waals surface area contributed by atoms with E-state index in [4.69, 9.17) is 9.47 Å². The Kier molecular flexibility index (Phi) is 7.91. The van der Waals surface area contributed by atoms with E-state index in [9.17, 15) is 10.1 Å². The van der Waals surface area contributed by atoms with Crippen LogP contribution in [0.1, 0.15) is 36.1 Å². The Bertz CT molecular complexity index is 1020. The minimum atomic E-state index is -0.0913. The second-order valence-electron chi connectivity index (χ2n) is 8.27. The number of ether oxygens (including phenoxy) is 2. The molecule has 1 aliphatic rings. The van der Waals surface area contributed by atoms with Crippen molar-refractivity contribution in [3.8, 4) is 17.6 Å². The third-order valence-corrected chi connectivity index (χ3v) is 5.29. The van der Waals surface area contributed by atoms with E-state index in [0.29, 0.717) is 25.3 Å². The van der Waals surface area contributed by atoms with Crippen molar-refractivity contribution >= 4 is 12.0 Å². The highest BCUT2D eigenvalue weighted by molar-refractivity contribution is 5.92. The molecule has 3 rings (SSSR count). The summed E-state index contributed by atoms with van der Waals surface area (Å²) in [6.07, 6.45) is 4.39. The van der Waals surface area contributed by atoms with Crippen LogP contribution in [0.4, 0.5) is 0 Å². The number of nitriles is 1. The molecule has 6 nitrogen and oxygen atoms in total. The first kappa shape index (κ1) is 23.4. The molecular formula is C26H31N3O3. The third-order valence-electron chi connectivity index (χ3n) is 5.29. The molecule has 0 fully saturated rings. The van der Waals surface area contributed by atoms with E-state index in [-0.39, 0.29) is 12.0 Å². The van der Waals surface area contributed by atoms with Crippen LogP contribution in [-0.4, -0.2) is 55.6 Å². The summed E-state index contributed by atoms with van der Waals surface area (Å²) in [4.78, 5) is 17.0. The first-order chi connectivity index (χ1) is 15.4. The number of nitrogens with zero attached hydrogens (tertiary/aromatic N) is 3. The average Bonchev–Trinajstić information content (AvgIpc) is 3.13. The molecule has 0 saturated heterocycles. The molecule has 1 atom stereocenters. The topological polar surface area (TPSA) is 65.8 Å². The molecule has 0 aromatic heterocycles. The lowest BCUT2D eigenvalue weighted by molar-refractivity contribution is -0.126. The molecule has 1 aliphatic heterocycles. The summed E-state index contributed by atoms with van der Waals surface area (Å²) >= 11 is 0. The van der Waals surface area contributed by atoms with Crippen LogP contribution in [0, 0.1) is 11.3 Å². The molecule has 0 N–H and O–H groups in total. The molecule has 0 bridgehead atoms. The van der Waals surface area contributed by atoms with Gasteiger partial charge in [-0.2, -0.15) is 5.26 Å². The highest BCUT2D eigenvalue weighted by Crippen LogP contribution is 2.35. The lowest BCUT2D eigenvalue weighted by atomic mass is 10.1. The zero-order valence-electron chi connectivity index (χ0n) is 19.3. The number of rotatable bonds is 9. The zero-order valence-corrected chi connectivity index (χ0v) is 19.3. The third kappa shape index (κ3) is 6.12. The van der Waals surface area contributed by atoms with Crippen molar-refractivity contribution < 1.29 is 14.3 Å². The van der Waals surface area contributed by atoms with Crippen molar-refractivity contribution in [1.82, 2.24) is 9.80 Å². The molecule has 6 heteroatoms. The lowest BCUT2D eigenvalue weighted by Crippen LogP contribution is -2.35. The van der Waals surface area contributed by atoms with Crippen LogP contribution in [0.15, 0.2) is 42.5 Å². The fraction of sp³-hybridized carbons (Fsp3) is 0.385. The van der Waals surface area contributed by atoms with E-state index in [1.807, 2.05) is 63.2 Å². The maximum Gasteiger partial charge on any atom is 0.246 e. The maximum absolute atomic E-state index is 13.1. The fourth-order valence-electron chi connectivity index (χ4n) is 3.68. The summed E-state index contributed by atoms with van der Waals surface area (Å²) in [6.45, 7) is 6.30. The van der Waals surface area contributed by atoms with Gasteiger partial charge in [0.25, 0.3) is 0 Å². The predicted molar refractivity (Wildman–Crippen MR) is 126 cm³/mol. The van der Waals surface area contributed by atoms with Gasteiger partial charge in [0.05, 0.1) is 18.2 Å². The molecule has 0 radical (unpaired) electrons. The number of hydrogen-bond donors (Lipinski definition) is 0. The summed E-state index contributed by atoms with van der Waals surface area (Å²) in [7, 11) is 3.96. The molecule has 1 heterocycles. The van der Waals surface area contributed by atoms with Crippen LogP contribution in [0.3, 0.4) is 0 Å². The van der Waals surface area contributed by atoms with E-state index < -0.39 is 0 Å². The molecule has 0 spiro atoms. The Balaban J connectivity index is 1.82. The second-order valence-corrected chi connectivity index (χ2v) is 8.27. The largest absolute Gasteiger partial charge is 0.493 e. The van der Waals surface area contributed by atoms with Gasteiger partial charge in [0.1, 0.15) is 17.6 Å². The van der Waals surface area contributed by atoms with Gasteiger partial charge < -0.3 is 19.3 Å². The molecule has 0 aliphatic carbocycles. The number of fused-ring (bicyclic) bond motifs is 1. The maximum atomic E-state index is 13.1. The first-order valence-corrected chi connectivity index (χ1v) is 11.0. The van der Waals surface area contributed by atoms with Crippen molar-refractivity contribution in [2.45, 2.75) is 32.9 Å². The fourth-order valence-corrected chi connectivity index (χ4v) is 3.68. The number of amides is 1. The molecule has 32 heavy (non-hydrogen) atoms. The highest BCUT2D eigenvalue weighted by atomic mass is 16.5. The van der Waals surface area contributed by atoms with Crippen molar-refractivity contribution in [3.63, 3.8) is 0 Å². The summed E-state index contributed by atoms with van der Waals surface area (Å²) < 4.78 is 11.7. The smallest absolute Gasteiger partial charge is 0.246 e. The van der Waals surface area contributed by atoms with E-state index in [0.717, 1.165) is 41.2 Å². The number of benzene rings is 2. The monoisotopic (exact) mass is 433 g/mol. The van der Waals surface area contributed by atoms with Gasteiger partial charge in [-0.3, -0.25) is 4.79 Å². The number of likely N-dealkylation sites (N-methyl/N-ethyl adjacent to an activating group) is 1. The minimum Gasteiger partial charge on any atom is -0.493 e. The Morgan fingerprint density at radius 3 is 2.81 bits per heavy atom. The van der Waals surface area contributed by atoms with Crippen molar-refractivity contribution in [3.05, 3.63) is 64.7 Å². The molecule has 0 saturated carbocycles. The Labute approximate surface area is 190 Å². The van der Waals surface area contributed by atoms with E-state index in [2.05, 4.69) is 6.07 Å². The van der Waals surface area contributed by atoms with Crippen LogP contribution in [-0.2, 0) is 17.8 Å². The van der Waals surface area contributed by atoms with Crippen LogP contribution in [0.2, 0.25) is 0 Å². The Morgan fingerprint density at radius 2 is 2.09 bits per heavy atom. The summed E-state index contributed by atoms with van der Waals surface area (Å²) in [5, 5.41) is 9.17. The Hall–Kier alpha value is -3.30. The van der Waals surface area contributed by atoms with Crippen LogP contribution in [0.5, 0.6) is 11.5 Å². The normalized spacial score (nSPS) is 14.8. The lowest BCUT2D eigenvalue weighted by Gasteiger charge is -2.23. The van der Waals surface area contributed by atoms with Crippen LogP contribution < -0.4 is 9.47 Å². The van der Waals surface area contributed by atoms with E-state index in [1.165, 1.54) is 0 Å². The molecule has 168 valence electrons. The van der Waals surface area contributed by atoms with Gasteiger partial charge >= 0.3 is 0 Å². The SMILES string of the molecule is CCOc1cc2c(cc1/C=C/C(=O)N(CCN(C)C)Cc1cccc(C#N)c1)OC(C)C2. The number of carbonyl (C=O) groups is 1. The van der Waals surface area contributed by atoms with Gasteiger partial charge in [0, 0.05) is 43.3 Å². The van der Waals surface area contributed by atoms with Gasteiger partial charge in [-0.05, 0) is 63.8 Å². The molecule has 1 amide bonds. The molecule has 1 unspecified atom stereocenters. The Morgan fingerprint density at radius 1 is 1.28 bits per heavy atom. The first-order valence-electron chi connectivity index (χ1n) is 11.0. The minimum absolute atomic E-state index is 0.0913. The van der Waals surface area contributed by atoms with Crippen molar-refractivity contribution in [1.29, 1.82) is 5.26 Å². The zero-order chi connectivity index (χ0) is 23.1. The summed E-state index contributed by atoms with van der Waals surface area (Å²) in [5.74, 6) is 1.52. The molecule has 2 aromatic carbocycles. The summed E-state index contributed by atoms with van der Waals surface area (Å²) in [5.41, 5.74) is 3.48. The van der Waals surface area contributed by atoms with Gasteiger partial charge in [-0.15, -0.1) is 0 Å². The van der Waals surface area contributed by atoms with Crippen molar-refractivity contribution in [2.24, 2.45) is 0 Å². The van der Waals surface area contributed by atoms with Gasteiger partial charge in [-0.1, -0.05) is 12.1 Å². The van der Waals surface area contributed by atoms with E-state index in [1.54, 1.807) is 23.1 Å². The van der Waals surface area contributed by atoms with Crippen LogP contribution in [0.25, 0.3) is 6.08 Å². The number of hydrogen-bond acceptors (Lipinski definition) is 5. The van der Waals surface area contributed by atoms with Gasteiger partial charge in [0.15, 0.2) is 0 Å². The highest BCUT2D eigenvalue weighted by Gasteiger charge is 2.21.